The van der Waals surface area contributed by atoms with Gasteiger partial charge >= 0.3 is 7.12 Å². The standard InChI is InChI=1S/C5H12BClO2/c1-4(2)3-5(7)6(8)9/h4-5,8-9H,3H2,1-2H3/t5-/m1/s1. The fourth-order valence-corrected chi connectivity index (χ4v) is 0.928. The van der Waals surface area contributed by atoms with Crippen molar-refractivity contribution in [2.75, 3.05) is 0 Å². The van der Waals surface area contributed by atoms with Crippen LogP contribution in [0.2, 0.25) is 0 Å². The summed E-state index contributed by atoms with van der Waals surface area (Å²) in [5.41, 5.74) is 0. The Bertz CT molecular complexity index is 77.4. The maximum absolute atomic E-state index is 8.49. The lowest BCUT2D eigenvalue weighted by Crippen LogP contribution is -2.27. The molecule has 0 saturated carbocycles. The molecule has 0 fully saturated rings. The number of rotatable bonds is 3. The van der Waals surface area contributed by atoms with Crippen molar-refractivity contribution in [1.29, 1.82) is 0 Å². The predicted molar refractivity (Wildman–Crippen MR) is 39.3 cm³/mol. The van der Waals surface area contributed by atoms with E-state index in [0.29, 0.717) is 12.3 Å². The highest BCUT2D eigenvalue weighted by molar-refractivity contribution is 6.57. The molecule has 0 unspecified atom stereocenters. The van der Waals surface area contributed by atoms with E-state index >= 15 is 0 Å². The maximum atomic E-state index is 8.49. The molecule has 0 aliphatic heterocycles. The van der Waals surface area contributed by atoms with Crippen LogP contribution in [0.4, 0.5) is 0 Å². The molecule has 0 aromatic rings. The normalized spacial score (nSPS) is 14.0. The number of alkyl halides is 1. The summed E-state index contributed by atoms with van der Waals surface area (Å²) < 4.78 is 0. The molecule has 0 aromatic carbocycles. The van der Waals surface area contributed by atoms with Gasteiger partial charge < -0.3 is 10.0 Å². The van der Waals surface area contributed by atoms with Crippen LogP contribution in [-0.4, -0.2) is 22.4 Å². The Balaban J connectivity index is 3.38. The summed E-state index contributed by atoms with van der Waals surface area (Å²) in [7, 11) is -1.38. The van der Waals surface area contributed by atoms with Crippen LogP contribution in [0.5, 0.6) is 0 Å². The van der Waals surface area contributed by atoms with Crippen LogP contribution in [-0.2, 0) is 0 Å². The molecule has 0 heterocycles. The zero-order chi connectivity index (χ0) is 7.44. The average Bonchev–Trinajstić information content (AvgIpc) is 1.63. The van der Waals surface area contributed by atoms with Crippen LogP contribution in [0.1, 0.15) is 20.3 Å². The van der Waals surface area contributed by atoms with Gasteiger partial charge in [0.15, 0.2) is 0 Å². The molecule has 0 radical (unpaired) electrons. The molecule has 2 N–H and O–H groups in total. The fraction of sp³-hybridized carbons (Fsp3) is 1.00. The number of halogens is 1. The van der Waals surface area contributed by atoms with Gasteiger partial charge in [-0.05, 0) is 12.3 Å². The van der Waals surface area contributed by atoms with Gasteiger partial charge in [0.25, 0.3) is 0 Å². The van der Waals surface area contributed by atoms with E-state index in [-0.39, 0.29) is 0 Å². The molecule has 0 amide bonds. The van der Waals surface area contributed by atoms with E-state index in [1.165, 1.54) is 0 Å². The third kappa shape index (κ3) is 4.76. The SMILES string of the molecule is CC(C)C[C@@H](Cl)B(O)O. The van der Waals surface area contributed by atoms with Gasteiger partial charge in [-0.1, -0.05) is 13.8 Å². The van der Waals surface area contributed by atoms with Gasteiger partial charge in [-0.15, -0.1) is 11.6 Å². The molecular weight excluding hydrogens is 138 g/mol. The first-order chi connectivity index (χ1) is 4.04. The summed E-state index contributed by atoms with van der Waals surface area (Å²) >= 11 is 5.51. The first-order valence-electron chi connectivity index (χ1n) is 3.04. The van der Waals surface area contributed by atoms with Crippen molar-refractivity contribution in [2.45, 2.75) is 25.5 Å². The molecule has 9 heavy (non-hydrogen) atoms. The summed E-state index contributed by atoms with van der Waals surface area (Å²) in [5, 5.41) is 16.5. The largest absolute Gasteiger partial charge is 0.470 e. The highest BCUT2D eigenvalue weighted by atomic mass is 35.5. The van der Waals surface area contributed by atoms with Crippen LogP contribution in [0.3, 0.4) is 0 Å². The minimum absolute atomic E-state index is 0.411. The first kappa shape index (κ1) is 9.27. The van der Waals surface area contributed by atoms with Crippen LogP contribution in [0.25, 0.3) is 0 Å². The monoisotopic (exact) mass is 150 g/mol. The highest BCUT2D eigenvalue weighted by Crippen LogP contribution is 2.10. The van der Waals surface area contributed by atoms with Crippen LogP contribution in [0.15, 0.2) is 0 Å². The van der Waals surface area contributed by atoms with Crippen LogP contribution in [0, 0.1) is 5.92 Å². The van der Waals surface area contributed by atoms with Gasteiger partial charge in [0.05, 0.1) is 5.28 Å². The first-order valence-corrected chi connectivity index (χ1v) is 3.48. The molecule has 0 saturated heterocycles. The van der Waals surface area contributed by atoms with Crippen molar-refractivity contribution in [3.8, 4) is 0 Å². The molecular formula is C5H12BClO2. The summed E-state index contributed by atoms with van der Waals surface area (Å²) in [4.78, 5) is 0. The van der Waals surface area contributed by atoms with Gasteiger partial charge in [-0.25, -0.2) is 0 Å². The Labute approximate surface area is 61.0 Å². The summed E-state index contributed by atoms with van der Waals surface area (Å²) in [6.07, 6.45) is 0.638. The van der Waals surface area contributed by atoms with Gasteiger partial charge in [0, 0.05) is 0 Å². The lowest BCUT2D eigenvalue weighted by atomic mass is 9.81. The molecule has 0 aliphatic carbocycles. The second-order valence-electron chi connectivity index (χ2n) is 2.56. The van der Waals surface area contributed by atoms with E-state index in [1.807, 2.05) is 13.8 Å². The molecule has 0 bridgehead atoms. The zero-order valence-corrected chi connectivity index (χ0v) is 6.47. The molecule has 0 spiro atoms. The average molecular weight is 150 g/mol. The van der Waals surface area contributed by atoms with E-state index in [2.05, 4.69) is 0 Å². The second-order valence-corrected chi connectivity index (χ2v) is 3.12. The number of hydrogen-bond acceptors (Lipinski definition) is 2. The van der Waals surface area contributed by atoms with Crippen molar-refractivity contribution in [3.63, 3.8) is 0 Å². The Morgan fingerprint density at radius 3 is 2.00 bits per heavy atom. The van der Waals surface area contributed by atoms with Gasteiger partial charge in [0.2, 0.25) is 0 Å². The smallest absolute Gasteiger partial charge is 0.426 e. The van der Waals surface area contributed by atoms with Crippen molar-refractivity contribution in [3.05, 3.63) is 0 Å². The third-order valence-corrected chi connectivity index (χ3v) is 1.42. The molecule has 1 atom stereocenters. The van der Waals surface area contributed by atoms with Crippen molar-refractivity contribution in [2.24, 2.45) is 5.92 Å². The lowest BCUT2D eigenvalue weighted by Gasteiger charge is -2.09. The third-order valence-electron chi connectivity index (χ3n) is 1.02. The zero-order valence-electron chi connectivity index (χ0n) is 5.71. The van der Waals surface area contributed by atoms with Crippen LogP contribution < -0.4 is 0 Å². The topological polar surface area (TPSA) is 40.5 Å². The Kier molecular flexibility index (Phi) is 4.27. The quantitative estimate of drug-likeness (QED) is 0.458. The Morgan fingerprint density at radius 2 is 1.89 bits per heavy atom. The molecule has 54 valence electrons. The van der Waals surface area contributed by atoms with E-state index in [0.717, 1.165) is 0 Å². The molecule has 0 aliphatic rings. The van der Waals surface area contributed by atoms with Gasteiger partial charge in [-0.3, -0.25) is 0 Å². The van der Waals surface area contributed by atoms with Crippen LogP contribution >= 0.6 is 11.6 Å². The highest BCUT2D eigenvalue weighted by Gasteiger charge is 2.20. The van der Waals surface area contributed by atoms with Crippen molar-refractivity contribution >= 4 is 18.7 Å². The van der Waals surface area contributed by atoms with E-state index < -0.39 is 12.4 Å². The molecule has 0 aromatic heterocycles. The molecule has 2 nitrogen and oxygen atoms in total. The Hall–Kier alpha value is 0.275. The fourth-order valence-electron chi connectivity index (χ4n) is 0.572. The number of hydrogen-bond donors (Lipinski definition) is 2. The minimum atomic E-state index is -1.38. The molecule has 0 rings (SSSR count). The minimum Gasteiger partial charge on any atom is -0.426 e. The Morgan fingerprint density at radius 1 is 1.44 bits per heavy atom. The van der Waals surface area contributed by atoms with Crippen molar-refractivity contribution in [1.82, 2.24) is 0 Å². The lowest BCUT2D eigenvalue weighted by molar-refractivity contribution is 0.391. The van der Waals surface area contributed by atoms with Gasteiger partial charge in [-0.2, -0.15) is 0 Å². The van der Waals surface area contributed by atoms with E-state index in [1.54, 1.807) is 0 Å². The maximum Gasteiger partial charge on any atom is 0.470 e. The van der Waals surface area contributed by atoms with E-state index in [9.17, 15) is 0 Å². The predicted octanol–water partition coefficient (Wildman–Crippen LogP) is 0.652. The summed E-state index contributed by atoms with van der Waals surface area (Å²) in [6.45, 7) is 3.97. The van der Waals surface area contributed by atoms with Crippen molar-refractivity contribution < 1.29 is 10.0 Å². The summed E-state index contributed by atoms with van der Waals surface area (Å²) in [5.74, 6) is 0.411. The molecule has 4 heteroatoms. The second kappa shape index (κ2) is 4.15. The van der Waals surface area contributed by atoms with Gasteiger partial charge in [0.1, 0.15) is 0 Å². The van der Waals surface area contributed by atoms with E-state index in [4.69, 9.17) is 21.6 Å². The summed E-state index contributed by atoms with van der Waals surface area (Å²) in [6, 6.07) is 0.